The van der Waals surface area contributed by atoms with Gasteiger partial charge in [-0.15, -0.1) is 0 Å². The molecule has 0 bridgehead atoms. The molecule has 2 unspecified atom stereocenters. The van der Waals surface area contributed by atoms with E-state index in [9.17, 15) is 9.90 Å². The van der Waals surface area contributed by atoms with E-state index in [0.717, 1.165) is 31.2 Å². The molecule has 1 aromatic heterocycles. The van der Waals surface area contributed by atoms with E-state index in [0.29, 0.717) is 17.9 Å². The van der Waals surface area contributed by atoms with Crippen LogP contribution in [0.3, 0.4) is 0 Å². The van der Waals surface area contributed by atoms with Crippen molar-refractivity contribution in [3.63, 3.8) is 0 Å². The zero-order valence-electron chi connectivity index (χ0n) is 13.9. The molecule has 5 nitrogen and oxygen atoms in total. The second-order valence-corrected chi connectivity index (χ2v) is 6.46. The third kappa shape index (κ3) is 3.79. The maximum Gasteiger partial charge on any atom is 0.256 e. The van der Waals surface area contributed by atoms with Gasteiger partial charge in [-0.1, -0.05) is 43.2 Å². The molecule has 126 valence electrons. The summed E-state index contributed by atoms with van der Waals surface area (Å²) in [5, 5.41) is 10.1. The summed E-state index contributed by atoms with van der Waals surface area (Å²) >= 11 is 0. The number of benzene rings is 1. The van der Waals surface area contributed by atoms with Crippen molar-refractivity contribution in [2.24, 2.45) is 5.92 Å². The van der Waals surface area contributed by atoms with E-state index in [1.807, 2.05) is 30.3 Å². The quantitative estimate of drug-likeness (QED) is 0.938. The Bertz CT molecular complexity index is 673. The number of carbonyl (C=O) groups is 1. The lowest BCUT2D eigenvalue weighted by Gasteiger charge is -2.31. The van der Waals surface area contributed by atoms with Gasteiger partial charge in [0.1, 0.15) is 0 Å². The van der Waals surface area contributed by atoms with E-state index >= 15 is 0 Å². The van der Waals surface area contributed by atoms with Gasteiger partial charge in [0, 0.05) is 37.5 Å². The van der Waals surface area contributed by atoms with Gasteiger partial charge in [0.05, 0.1) is 11.7 Å². The van der Waals surface area contributed by atoms with Gasteiger partial charge in [0.2, 0.25) is 0 Å². The second kappa shape index (κ2) is 7.53. The molecule has 0 saturated heterocycles. The predicted octanol–water partition coefficient (Wildman–Crippen LogP) is 2.77. The molecule has 1 aliphatic rings. The van der Waals surface area contributed by atoms with Crippen LogP contribution in [0.15, 0.2) is 42.7 Å². The van der Waals surface area contributed by atoms with Gasteiger partial charge < -0.3 is 10.0 Å². The molecule has 1 fully saturated rings. The molecule has 1 saturated carbocycles. The number of hydrogen-bond donors (Lipinski definition) is 1. The van der Waals surface area contributed by atoms with Crippen molar-refractivity contribution in [3.8, 4) is 11.4 Å². The van der Waals surface area contributed by atoms with E-state index in [-0.39, 0.29) is 17.9 Å². The number of aliphatic hydroxyl groups is 1. The number of carbonyl (C=O) groups excluding carboxylic acids is 1. The van der Waals surface area contributed by atoms with Gasteiger partial charge in [0.15, 0.2) is 5.82 Å². The largest absolute Gasteiger partial charge is 0.393 e. The first-order valence-corrected chi connectivity index (χ1v) is 8.46. The van der Waals surface area contributed by atoms with E-state index < -0.39 is 0 Å². The standard InChI is InChI=1S/C19H23N3O2/c1-22(13-15-9-5-6-10-17(15)23)19(24)16-11-20-18(21-12-16)14-7-3-2-4-8-14/h2-4,7-8,11-12,15,17,23H,5-6,9-10,13H2,1H3. The summed E-state index contributed by atoms with van der Waals surface area (Å²) in [4.78, 5) is 22.8. The zero-order valence-corrected chi connectivity index (χ0v) is 13.9. The molecule has 1 amide bonds. The van der Waals surface area contributed by atoms with Gasteiger partial charge in [-0.05, 0) is 12.8 Å². The van der Waals surface area contributed by atoms with Crippen molar-refractivity contribution < 1.29 is 9.90 Å². The first-order chi connectivity index (χ1) is 11.6. The molecule has 1 aliphatic carbocycles. The van der Waals surface area contributed by atoms with E-state index in [1.165, 1.54) is 0 Å². The number of amides is 1. The fraction of sp³-hybridized carbons (Fsp3) is 0.421. The highest BCUT2D eigenvalue weighted by atomic mass is 16.3. The molecule has 24 heavy (non-hydrogen) atoms. The minimum Gasteiger partial charge on any atom is -0.393 e. The highest BCUT2D eigenvalue weighted by Gasteiger charge is 2.26. The first kappa shape index (κ1) is 16.6. The van der Waals surface area contributed by atoms with Gasteiger partial charge in [-0.25, -0.2) is 9.97 Å². The smallest absolute Gasteiger partial charge is 0.256 e. The third-order valence-corrected chi connectivity index (χ3v) is 4.65. The molecule has 2 atom stereocenters. The highest BCUT2D eigenvalue weighted by Crippen LogP contribution is 2.25. The Morgan fingerprint density at radius 3 is 2.50 bits per heavy atom. The van der Waals surface area contributed by atoms with Gasteiger partial charge in [0.25, 0.3) is 5.91 Å². The summed E-state index contributed by atoms with van der Waals surface area (Å²) in [6, 6.07) is 9.68. The second-order valence-electron chi connectivity index (χ2n) is 6.46. The Labute approximate surface area is 142 Å². The maximum absolute atomic E-state index is 12.5. The lowest BCUT2D eigenvalue weighted by molar-refractivity contribution is 0.0451. The van der Waals surface area contributed by atoms with Gasteiger partial charge in [-0.3, -0.25) is 4.79 Å². The van der Waals surface area contributed by atoms with E-state index in [1.54, 1.807) is 24.3 Å². The molecular formula is C19H23N3O2. The fourth-order valence-electron chi connectivity index (χ4n) is 3.23. The lowest BCUT2D eigenvalue weighted by atomic mass is 9.86. The Morgan fingerprint density at radius 2 is 1.83 bits per heavy atom. The Hall–Kier alpha value is -2.27. The molecule has 0 spiro atoms. The van der Waals surface area contributed by atoms with Crippen molar-refractivity contribution in [2.75, 3.05) is 13.6 Å². The van der Waals surface area contributed by atoms with Crippen molar-refractivity contribution in [2.45, 2.75) is 31.8 Å². The van der Waals surface area contributed by atoms with Crippen molar-refractivity contribution >= 4 is 5.91 Å². The van der Waals surface area contributed by atoms with Crippen LogP contribution < -0.4 is 0 Å². The van der Waals surface area contributed by atoms with Crippen LogP contribution in [0.4, 0.5) is 0 Å². The molecule has 5 heteroatoms. The van der Waals surface area contributed by atoms with Crippen LogP contribution in [0.5, 0.6) is 0 Å². The van der Waals surface area contributed by atoms with Crippen LogP contribution in [-0.4, -0.2) is 45.6 Å². The van der Waals surface area contributed by atoms with Crippen LogP contribution in [0.25, 0.3) is 11.4 Å². The van der Waals surface area contributed by atoms with Crippen molar-refractivity contribution in [1.82, 2.24) is 14.9 Å². The number of aliphatic hydroxyl groups excluding tert-OH is 1. The van der Waals surface area contributed by atoms with Crippen LogP contribution in [0, 0.1) is 5.92 Å². The summed E-state index contributed by atoms with van der Waals surface area (Å²) < 4.78 is 0. The summed E-state index contributed by atoms with van der Waals surface area (Å²) in [5.74, 6) is 0.669. The third-order valence-electron chi connectivity index (χ3n) is 4.65. The molecule has 0 aliphatic heterocycles. The average Bonchev–Trinajstić information content (AvgIpc) is 2.64. The normalized spacial score (nSPS) is 20.6. The van der Waals surface area contributed by atoms with Crippen LogP contribution >= 0.6 is 0 Å². The minimum absolute atomic E-state index is 0.104. The van der Waals surface area contributed by atoms with Gasteiger partial charge in [-0.2, -0.15) is 0 Å². The van der Waals surface area contributed by atoms with Crippen molar-refractivity contribution in [3.05, 3.63) is 48.3 Å². The molecular weight excluding hydrogens is 302 g/mol. The Kier molecular flexibility index (Phi) is 5.20. The SMILES string of the molecule is CN(CC1CCCCC1O)C(=O)c1cnc(-c2ccccc2)nc1. The summed E-state index contributed by atoms with van der Waals surface area (Å²) in [6.07, 6.45) is 6.86. The fourth-order valence-corrected chi connectivity index (χ4v) is 3.23. The number of rotatable bonds is 4. The summed E-state index contributed by atoms with van der Waals surface area (Å²) in [7, 11) is 1.77. The predicted molar refractivity (Wildman–Crippen MR) is 92.4 cm³/mol. The molecule has 0 radical (unpaired) electrons. The minimum atomic E-state index is -0.300. The topological polar surface area (TPSA) is 66.3 Å². The molecule has 2 aromatic rings. The maximum atomic E-state index is 12.5. The molecule has 1 aromatic carbocycles. The van der Waals surface area contributed by atoms with Crippen LogP contribution in [-0.2, 0) is 0 Å². The first-order valence-electron chi connectivity index (χ1n) is 8.46. The number of hydrogen-bond acceptors (Lipinski definition) is 4. The highest BCUT2D eigenvalue weighted by molar-refractivity contribution is 5.93. The molecule has 1 N–H and O–H groups in total. The van der Waals surface area contributed by atoms with Crippen molar-refractivity contribution in [1.29, 1.82) is 0 Å². The van der Waals surface area contributed by atoms with Crippen LogP contribution in [0.2, 0.25) is 0 Å². The Morgan fingerprint density at radius 1 is 1.17 bits per heavy atom. The number of aromatic nitrogens is 2. The summed E-state index contributed by atoms with van der Waals surface area (Å²) in [6.45, 7) is 0.570. The zero-order chi connectivity index (χ0) is 16.9. The van der Waals surface area contributed by atoms with Gasteiger partial charge >= 0.3 is 0 Å². The molecule has 3 rings (SSSR count). The monoisotopic (exact) mass is 325 g/mol. The molecule has 1 heterocycles. The van der Waals surface area contributed by atoms with Crippen LogP contribution in [0.1, 0.15) is 36.0 Å². The summed E-state index contributed by atoms with van der Waals surface area (Å²) in [5.41, 5.74) is 1.40. The lowest BCUT2D eigenvalue weighted by Crippen LogP contribution is -2.38. The van der Waals surface area contributed by atoms with E-state index in [4.69, 9.17) is 0 Å². The Balaban J connectivity index is 1.66. The van der Waals surface area contributed by atoms with E-state index in [2.05, 4.69) is 9.97 Å². The average molecular weight is 325 g/mol. The number of nitrogens with zero attached hydrogens (tertiary/aromatic N) is 3.